The summed E-state index contributed by atoms with van der Waals surface area (Å²) in [6.07, 6.45) is 1.75. The van der Waals surface area contributed by atoms with E-state index in [0.29, 0.717) is 32.1 Å². The Morgan fingerprint density at radius 1 is 1.10 bits per heavy atom. The second-order valence-corrected chi connectivity index (χ2v) is 7.10. The maximum absolute atomic E-state index is 12.6. The van der Waals surface area contributed by atoms with Gasteiger partial charge in [-0.3, -0.25) is 14.4 Å². The molecule has 1 aliphatic heterocycles. The van der Waals surface area contributed by atoms with Gasteiger partial charge in [0.2, 0.25) is 11.8 Å². The summed E-state index contributed by atoms with van der Waals surface area (Å²) < 4.78 is 6.75. The Balaban J connectivity index is 1.47. The number of hydrogen-bond donors (Lipinski definition) is 2. The van der Waals surface area contributed by atoms with E-state index in [2.05, 4.69) is 15.7 Å². The van der Waals surface area contributed by atoms with Gasteiger partial charge in [0, 0.05) is 25.1 Å². The van der Waals surface area contributed by atoms with E-state index in [1.165, 1.54) is 10.7 Å². The van der Waals surface area contributed by atoms with E-state index < -0.39 is 5.91 Å². The summed E-state index contributed by atoms with van der Waals surface area (Å²) in [5.41, 5.74) is 0.858. The maximum atomic E-state index is 12.6. The molecule has 1 saturated carbocycles. The number of nitrogens with zero attached hydrogens (tertiary/aromatic N) is 3. The largest absolute Gasteiger partial charge is 0.378 e. The van der Waals surface area contributed by atoms with E-state index in [9.17, 15) is 14.4 Å². The van der Waals surface area contributed by atoms with Gasteiger partial charge in [-0.25, -0.2) is 4.68 Å². The van der Waals surface area contributed by atoms with Crippen molar-refractivity contribution in [3.05, 3.63) is 42.1 Å². The number of para-hydroxylation sites is 1. The summed E-state index contributed by atoms with van der Waals surface area (Å²) in [5, 5.41) is 9.82. The number of rotatable bonds is 6. The topological polar surface area (TPSA) is 106 Å². The highest BCUT2D eigenvalue weighted by Crippen LogP contribution is 2.30. The summed E-state index contributed by atoms with van der Waals surface area (Å²) in [6.45, 7) is 1.95. The van der Waals surface area contributed by atoms with Gasteiger partial charge in [-0.1, -0.05) is 18.2 Å². The third kappa shape index (κ3) is 4.62. The molecule has 2 fully saturated rings. The molecule has 9 nitrogen and oxygen atoms in total. The second-order valence-electron chi connectivity index (χ2n) is 7.10. The third-order valence-electron chi connectivity index (χ3n) is 4.91. The normalized spacial score (nSPS) is 16.3. The van der Waals surface area contributed by atoms with Gasteiger partial charge in [-0.15, -0.1) is 0 Å². The van der Waals surface area contributed by atoms with Crippen molar-refractivity contribution < 1.29 is 19.1 Å². The number of benzene rings is 1. The molecule has 0 atom stereocenters. The molecule has 0 bridgehead atoms. The average molecular weight is 397 g/mol. The minimum atomic E-state index is -0.469. The highest BCUT2D eigenvalue weighted by molar-refractivity contribution is 5.98. The predicted molar refractivity (Wildman–Crippen MR) is 105 cm³/mol. The molecular formula is C20H23N5O4. The lowest BCUT2D eigenvalue weighted by Gasteiger charge is -2.26. The molecule has 1 aromatic heterocycles. The molecule has 0 spiro atoms. The van der Waals surface area contributed by atoms with Crippen LogP contribution in [0.4, 0.5) is 5.82 Å². The molecule has 29 heavy (non-hydrogen) atoms. The smallest absolute Gasteiger partial charge is 0.272 e. The van der Waals surface area contributed by atoms with E-state index in [1.807, 2.05) is 30.3 Å². The van der Waals surface area contributed by atoms with Crippen LogP contribution in [0.2, 0.25) is 0 Å². The minimum Gasteiger partial charge on any atom is -0.378 e. The molecule has 1 aromatic carbocycles. The van der Waals surface area contributed by atoms with Crippen LogP contribution in [-0.2, 0) is 14.3 Å². The first kappa shape index (κ1) is 19.1. The first-order valence-corrected chi connectivity index (χ1v) is 9.72. The Kier molecular flexibility index (Phi) is 5.57. The van der Waals surface area contributed by atoms with Gasteiger partial charge in [0.1, 0.15) is 5.82 Å². The van der Waals surface area contributed by atoms with Crippen molar-refractivity contribution in [1.82, 2.24) is 20.0 Å². The molecule has 3 amide bonds. The van der Waals surface area contributed by atoms with Crippen LogP contribution in [0, 0.1) is 5.92 Å². The van der Waals surface area contributed by atoms with E-state index in [-0.39, 0.29) is 30.0 Å². The van der Waals surface area contributed by atoms with Crippen molar-refractivity contribution in [2.75, 3.05) is 38.2 Å². The van der Waals surface area contributed by atoms with E-state index in [4.69, 9.17) is 4.74 Å². The van der Waals surface area contributed by atoms with Crippen molar-refractivity contribution in [1.29, 1.82) is 0 Å². The summed E-state index contributed by atoms with van der Waals surface area (Å²) in [6, 6.07) is 10.8. The monoisotopic (exact) mass is 397 g/mol. The summed E-state index contributed by atoms with van der Waals surface area (Å²) in [7, 11) is 0. The van der Waals surface area contributed by atoms with Gasteiger partial charge in [-0.2, -0.15) is 5.10 Å². The molecule has 152 valence electrons. The first-order chi connectivity index (χ1) is 14.1. The van der Waals surface area contributed by atoms with Crippen molar-refractivity contribution in [2.45, 2.75) is 12.8 Å². The number of ether oxygens (including phenoxy) is 1. The fraction of sp³-hybridized carbons (Fsp3) is 0.400. The molecule has 4 rings (SSSR count). The number of carbonyl (C=O) groups is 3. The van der Waals surface area contributed by atoms with Crippen LogP contribution >= 0.6 is 0 Å². The molecule has 0 radical (unpaired) electrons. The Bertz CT molecular complexity index is 901. The zero-order valence-corrected chi connectivity index (χ0v) is 16.0. The highest BCUT2D eigenvalue weighted by Gasteiger charge is 2.30. The van der Waals surface area contributed by atoms with Crippen molar-refractivity contribution in [3.8, 4) is 5.69 Å². The molecule has 9 heteroatoms. The van der Waals surface area contributed by atoms with Crippen molar-refractivity contribution >= 4 is 23.5 Å². The molecular weight excluding hydrogens is 374 g/mol. The molecule has 2 N–H and O–H groups in total. The average Bonchev–Trinajstić information content (AvgIpc) is 3.54. The Morgan fingerprint density at radius 2 is 1.83 bits per heavy atom. The van der Waals surface area contributed by atoms with Crippen LogP contribution in [0.5, 0.6) is 0 Å². The molecule has 1 saturated heterocycles. The Morgan fingerprint density at radius 3 is 2.52 bits per heavy atom. The zero-order valence-electron chi connectivity index (χ0n) is 16.0. The van der Waals surface area contributed by atoms with Crippen molar-refractivity contribution in [3.63, 3.8) is 0 Å². The van der Waals surface area contributed by atoms with Crippen molar-refractivity contribution in [2.24, 2.45) is 5.92 Å². The van der Waals surface area contributed by atoms with Crippen LogP contribution in [0.3, 0.4) is 0 Å². The fourth-order valence-corrected chi connectivity index (χ4v) is 3.09. The van der Waals surface area contributed by atoms with Crippen LogP contribution in [0.25, 0.3) is 5.69 Å². The van der Waals surface area contributed by atoms with E-state index >= 15 is 0 Å². The summed E-state index contributed by atoms with van der Waals surface area (Å²) in [5.74, 6) is -0.249. The van der Waals surface area contributed by atoms with Gasteiger partial charge >= 0.3 is 0 Å². The zero-order chi connectivity index (χ0) is 20.2. The van der Waals surface area contributed by atoms with Gasteiger partial charge in [0.15, 0.2) is 5.69 Å². The number of carbonyl (C=O) groups excluding carboxylic acids is 3. The fourth-order valence-electron chi connectivity index (χ4n) is 3.09. The quantitative estimate of drug-likeness (QED) is 0.750. The standard InChI is InChI=1S/C20H23N5O4/c26-18(24-8-10-29-11-9-24)13-21-20(28)16-12-17(22-19(27)14-6-7-14)25(23-16)15-4-2-1-3-5-15/h1-5,12,14H,6-11,13H2,(H,21,28)(H,22,27). The number of aromatic nitrogens is 2. The lowest BCUT2D eigenvalue weighted by molar-refractivity contribution is -0.134. The summed E-state index contributed by atoms with van der Waals surface area (Å²) in [4.78, 5) is 38.7. The van der Waals surface area contributed by atoms with E-state index in [0.717, 1.165) is 18.5 Å². The van der Waals surface area contributed by atoms with Gasteiger partial charge in [0.05, 0.1) is 25.4 Å². The molecule has 2 aromatic rings. The SMILES string of the molecule is O=C(NCC(=O)N1CCOCC1)c1cc(NC(=O)C2CC2)n(-c2ccccc2)n1. The number of amides is 3. The van der Waals surface area contributed by atoms with Crippen LogP contribution in [0.1, 0.15) is 23.3 Å². The van der Waals surface area contributed by atoms with Crippen LogP contribution < -0.4 is 10.6 Å². The molecule has 1 aliphatic carbocycles. The number of hydrogen-bond acceptors (Lipinski definition) is 5. The number of anilines is 1. The third-order valence-corrected chi connectivity index (χ3v) is 4.91. The van der Waals surface area contributed by atoms with Crippen LogP contribution in [0.15, 0.2) is 36.4 Å². The lowest BCUT2D eigenvalue weighted by atomic mass is 10.3. The maximum Gasteiger partial charge on any atom is 0.272 e. The predicted octanol–water partition coefficient (Wildman–Crippen LogP) is 0.809. The first-order valence-electron chi connectivity index (χ1n) is 9.72. The van der Waals surface area contributed by atoms with E-state index in [1.54, 1.807) is 4.90 Å². The molecule has 2 heterocycles. The highest BCUT2D eigenvalue weighted by atomic mass is 16.5. The molecule has 2 aliphatic rings. The second kappa shape index (κ2) is 8.44. The number of morpholine rings is 1. The minimum absolute atomic E-state index is 0.0255. The van der Waals surface area contributed by atoms with Gasteiger partial charge in [0.25, 0.3) is 5.91 Å². The van der Waals surface area contributed by atoms with Gasteiger partial charge < -0.3 is 20.3 Å². The Hall–Kier alpha value is -3.20. The van der Waals surface area contributed by atoms with Crippen LogP contribution in [-0.4, -0.2) is 65.2 Å². The lowest BCUT2D eigenvalue weighted by Crippen LogP contribution is -2.45. The number of nitrogens with one attached hydrogen (secondary N) is 2. The summed E-state index contributed by atoms with van der Waals surface area (Å²) >= 11 is 0. The Labute approximate surface area is 168 Å². The molecule has 0 unspecified atom stereocenters. The van der Waals surface area contributed by atoms with Gasteiger partial charge in [-0.05, 0) is 25.0 Å².